The van der Waals surface area contributed by atoms with Gasteiger partial charge in [0.2, 0.25) is 5.91 Å². The zero-order chi connectivity index (χ0) is 18.2. The van der Waals surface area contributed by atoms with Gasteiger partial charge in [0.25, 0.3) is 0 Å². The summed E-state index contributed by atoms with van der Waals surface area (Å²) in [5.41, 5.74) is -0.860. The van der Waals surface area contributed by atoms with Gasteiger partial charge in [-0.25, -0.2) is 4.98 Å². The van der Waals surface area contributed by atoms with E-state index >= 15 is 0 Å². The molecular weight excluding hydrogens is 470 g/mol. The lowest BCUT2D eigenvalue weighted by Gasteiger charge is -2.12. The lowest BCUT2D eigenvalue weighted by molar-refractivity contribution is -0.140. The number of aromatic nitrogens is 1. The molecule has 1 heterocycles. The van der Waals surface area contributed by atoms with Crippen LogP contribution in [0.4, 0.5) is 13.2 Å². The minimum atomic E-state index is -4.41. The van der Waals surface area contributed by atoms with Crippen LogP contribution in [0, 0.1) is 0 Å². The fourth-order valence-corrected chi connectivity index (χ4v) is 2.56. The first-order chi connectivity index (χ1) is 11.2. The van der Waals surface area contributed by atoms with E-state index in [9.17, 15) is 18.0 Å². The summed E-state index contributed by atoms with van der Waals surface area (Å²) in [7, 11) is 1.58. The van der Waals surface area contributed by atoms with Crippen LogP contribution in [0.3, 0.4) is 0 Å². The number of halogens is 4. The average Bonchev–Trinajstić information content (AvgIpc) is 2.93. The molecule has 1 aromatic heterocycles. The highest BCUT2D eigenvalue weighted by atomic mass is 127. The van der Waals surface area contributed by atoms with E-state index < -0.39 is 11.9 Å². The van der Waals surface area contributed by atoms with Crippen molar-refractivity contribution in [2.75, 3.05) is 20.1 Å². The van der Waals surface area contributed by atoms with E-state index in [1.807, 2.05) is 13.8 Å². The third-order valence-electron chi connectivity index (χ3n) is 2.79. The molecule has 0 unspecified atom stereocenters. The second-order valence-electron chi connectivity index (χ2n) is 5.27. The van der Waals surface area contributed by atoms with Crippen molar-refractivity contribution in [1.82, 2.24) is 20.9 Å². The van der Waals surface area contributed by atoms with E-state index in [-0.39, 0.29) is 35.9 Å². The maximum atomic E-state index is 12.5. The van der Waals surface area contributed by atoms with E-state index in [1.54, 1.807) is 7.05 Å². The van der Waals surface area contributed by atoms with Crippen molar-refractivity contribution in [3.05, 3.63) is 16.1 Å². The second-order valence-corrected chi connectivity index (χ2v) is 6.21. The Morgan fingerprint density at radius 2 is 1.96 bits per heavy atom. The van der Waals surface area contributed by atoms with Gasteiger partial charge in [0, 0.05) is 44.4 Å². The number of hydrogen-bond donors (Lipinski definition) is 3. The molecular formula is C14H23F3IN5OS. The summed E-state index contributed by atoms with van der Waals surface area (Å²) in [4.78, 5) is 19.0. The van der Waals surface area contributed by atoms with E-state index in [0.717, 1.165) is 16.7 Å². The Balaban J connectivity index is 0.00000576. The van der Waals surface area contributed by atoms with Crippen LogP contribution in [0.1, 0.15) is 31.0 Å². The molecule has 25 heavy (non-hydrogen) atoms. The van der Waals surface area contributed by atoms with Crippen molar-refractivity contribution >= 4 is 47.2 Å². The molecule has 0 radical (unpaired) electrons. The molecule has 6 nitrogen and oxygen atoms in total. The van der Waals surface area contributed by atoms with Gasteiger partial charge < -0.3 is 16.0 Å². The van der Waals surface area contributed by atoms with Gasteiger partial charge in [-0.1, -0.05) is 0 Å². The van der Waals surface area contributed by atoms with Gasteiger partial charge in [0.05, 0.1) is 5.01 Å². The smallest absolute Gasteiger partial charge is 0.356 e. The Hall–Kier alpha value is -1.11. The molecule has 0 saturated heterocycles. The molecule has 0 bridgehead atoms. The van der Waals surface area contributed by atoms with Gasteiger partial charge in [-0.3, -0.25) is 9.79 Å². The molecule has 3 N–H and O–H groups in total. The summed E-state index contributed by atoms with van der Waals surface area (Å²) in [5, 5.41) is 10.1. The maximum absolute atomic E-state index is 12.5. The quantitative estimate of drug-likeness (QED) is 0.310. The molecule has 0 aliphatic carbocycles. The monoisotopic (exact) mass is 493 g/mol. The second kappa shape index (κ2) is 11.5. The first-order valence-corrected chi connectivity index (χ1v) is 8.35. The Kier molecular flexibility index (Phi) is 11.0. The lowest BCUT2D eigenvalue weighted by Crippen LogP contribution is -2.40. The summed E-state index contributed by atoms with van der Waals surface area (Å²) >= 11 is 0.979. The molecule has 1 rings (SSSR count). The fourth-order valence-electron chi connectivity index (χ4n) is 1.75. The van der Waals surface area contributed by atoms with E-state index in [1.165, 1.54) is 0 Å². The third kappa shape index (κ3) is 9.82. The molecule has 1 aromatic rings. The fraction of sp³-hybridized carbons (Fsp3) is 0.643. The van der Waals surface area contributed by atoms with Crippen molar-refractivity contribution in [3.8, 4) is 0 Å². The molecule has 0 aromatic carbocycles. The number of amides is 1. The topological polar surface area (TPSA) is 78.4 Å². The Labute approximate surface area is 166 Å². The summed E-state index contributed by atoms with van der Waals surface area (Å²) in [6.45, 7) is 4.57. The number of rotatable bonds is 7. The number of nitrogens with zero attached hydrogens (tertiary/aromatic N) is 2. The van der Waals surface area contributed by atoms with Crippen molar-refractivity contribution in [2.45, 2.75) is 38.9 Å². The SMILES string of the molecule is CN=C(NCCC(=O)NC(C)C)NCCc1nc(C(F)(F)F)cs1.I. The number of guanidine groups is 1. The largest absolute Gasteiger partial charge is 0.434 e. The Bertz CT molecular complexity index is 563. The van der Waals surface area contributed by atoms with Crippen LogP contribution >= 0.6 is 35.3 Å². The van der Waals surface area contributed by atoms with E-state index in [2.05, 4.69) is 25.9 Å². The number of carbonyl (C=O) groups excluding carboxylic acids is 1. The molecule has 1 amide bonds. The Morgan fingerprint density at radius 1 is 1.32 bits per heavy atom. The van der Waals surface area contributed by atoms with Crippen LogP contribution in [0.2, 0.25) is 0 Å². The molecule has 0 spiro atoms. The van der Waals surface area contributed by atoms with Gasteiger partial charge >= 0.3 is 6.18 Å². The normalized spacial score (nSPS) is 11.9. The van der Waals surface area contributed by atoms with Crippen molar-refractivity contribution in [3.63, 3.8) is 0 Å². The summed E-state index contributed by atoms with van der Waals surface area (Å²) in [5.74, 6) is 0.426. The van der Waals surface area contributed by atoms with Gasteiger partial charge in [-0.05, 0) is 13.8 Å². The number of aliphatic imine (C=N–C) groups is 1. The zero-order valence-electron chi connectivity index (χ0n) is 14.2. The van der Waals surface area contributed by atoms with Gasteiger partial charge in [0.15, 0.2) is 11.7 Å². The number of hydrogen-bond acceptors (Lipinski definition) is 4. The molecule has 144 valence electrons. The number of thiazole rings is 1. The maximum Gasteiger partial charge on any atom is 0.434 e. The minimum Gasteiger partial charge on any atom is -0.356 e. The zero-order valence-corrected chi connectivity index (χ0v) is 17.4. The van der Waals surface area contributed by atoms with Crippen molar-refractivity contribution < 1.29 is 18.0 Å². The first-order valence-electron chi connectivity index (χ1n) is 7.48. The predicted molar refractivity (Wildman–Crippen MR) is 103 cm³/mol. The van der Waals surface area contributed by atoms with Crippen LogP contribution in [-0.4, -0.2) is 43.0 Å². The molecule has 11 heteroatoms. The van der Waals surface area contributed by atoms with Crippen LogP contribution in [0.15, 0.2) is 10.4 Å². The average molecular weight is 493 g/mol. The van der Waals surface area contributed by atoms with Crippen LogP contribution in [0.5, 0.6) is 0 Å². The molecule has 0 saturated carbocycles. The van der Waals surface area contributed by atoms with Crippen LogP contribution < -0.4 is 16.0 Å². The summed E-state index contributed by atoms with van der Waals surface area (Å²) < 4.78 is 37.4. The molecule has 0 fully saturated rings. The minimum absolute atomic E-state index is 0. The lowest BCUT2D eigenvalue weighted by atomic mass is 10.3. The number of alkyl halides is 3. The van der Waals surface area contributed by atoms with Crippen LogP contribution in [0.25, 0.3) is 0 Å². The van der Waals surface area contributed by atoms with Gasteiger partial charge in [0.1, 0.15) is 0 Å². The highest BCUT2D eigenvalue weighted by Gasteiger charge is 2.33. The standard InChI is InChI=1S/C14H22F3N5OS.HI/c1-9(2)21-11(23)4-6-19-13(18-3)20-7-5-12-22-10(8-24-12)14(15,16)17;/h8-9H,4-7H2,1-3H3,(H,21,23)(H2,18,19,20);1H. The van der Waals surface area contributed by atoms with Crippen molar-refractivity contribution in [1.29, 1.82) is 0 Å². The van der Waals surface area contributed by atoms with E-state index in [4.69, 9.17) is 0 Å². The number of carbonyl (C=O) groups is 1. The van der Waals surface area contributed by atoms with Gasteiger partial charge in [-0.15, -0.1) is 35.3 Å². The summed E-state index contributed by atoms with van der Waals surface area (Å²) in [6.07, 6.45) is -3.74. The molecule has 0 aliphatic heterocycles. The predicted octanol–water partition coefficient (Wildman–Crippen LogP) is 2.40. The van der Waals surface area contributed by atoms with Crippen LogP contribution in [-0.2, 0) is 17.4 Å². The Morgan fingerprint density at radius 3 is 2.48 bits per heavy atom. The molecule has 0 aliphatic rings. The van der Waals surface area contributed by atoms with Crippen molar-refractivity contribution in [2.24, 2.45) is 4.99 Å². The highest BCUT2D eigenvalue weighted by Crippen LogP contribution is 2.29. The highest BCUT2D eigenvalue weighted by molar-refractivity contribution is 14.0. The first kappa shape index (κ1) is 23.9. The number of nitrogens with one attached hydrogen (secondary N) is 3. The summed E-state index contributed by atoms with van der Waals surface area (Å²) in [6, 6.07) is 0.0924. The van der Waals surface area contributed by atoms with E-state index in [0.29, 0.717) is 36.9 Å². The van der Waals surface area contributed by atoms with Gasteiger partial charge in [-0.2, -0.15) is 13.2 Å². The molecule has 0 atom stereocenters. The third-order valence-corrected chi connectivity index (χ3v) is 3.70.